The van der Waals surface area contributed by atoms with Crippen molar-refractivity contribution in [3.63, 3.8) is 0 Å². The summed E-state index contributed by atoms with van der Waals surface area (Å²) in [5.74, 6) is 0.399. The first kappa shape index (κ1) is 23.2. The number of aliphatic carboxylic acids is 1. The second-order valence-electron chi connectivity index (χ2n) is 8.93. The Morgan fingerprint density at radius 1 is 1.00 bits per heavy atom. The number of carbonyl (C=O) groups excluding carboxylic acids is 1. The number of ether oxygens (including phenoxy) is 1. The van der Waals surface area contributed by atoms with Gasteiger partial charge in [-0.3, -0.25) is 9.59 Å². The number of furan rings is 1. The van der Waals surface area contributed by atoms with Crippen molar-refractivity contribution in [2.75, 3.05) is 6.61 Å². The molecule has 6 heteroatoms. The number of benzene rings is 2. The first-order valence-corrected chi connectivity index (χ1v) is 12.4. The number of carboxylic acid groups (broad SMARTS) is 1. The van der Waals surface area contributed by atoms with Crippen LogP contribution in [0.3, 0.4) is 0 Å². The van der Waals surface area contributed by atoms with Crippen molar-refractivity contribution >= 4 is 11.9 Å². The molecule has 1 atom stereocenters. The van der Waals surface area contributed by atoms with Crippen molar-refractivity contribution in [3.05, 3.63) is 78.1 Å². The molecule has 0 spiro atoms. The van der Waals surface area contributed by atoms with E-state index in [1.165, 1.54) is 0 Å². The molecule has 1 unspecified atom stereocenters. The number of carbonyl (C=O) groups is 2. The van der Waals surface area contributed by atoms with E-state index in [9.17, 15) is 9.59 Å². The van der Waals surface area contributed by atoms with Crippen LogP contribution in [0, 0.1) is 0 Å². The molecule has 6 nitrogen and oxygen atoms in total. The molecule has 1 aliphatic rings. The summed E-state index contributed by atoms with van der Waals surface area (Å²) >= 11 is 0. The molecular formula is C29H33NO5. The highest BCUT2D eigenvalue weighted by Crippen LogP contribution is 2.30. The van der Waals surface area contributed by atoms with Gasteiger partial charge in [0.2, 0.25) is 0 Å². The molecule has 4 rings (SSSR count). The van der Waals surface area contributed by atoms with E-state index >= 15 is 0 Å². The van der Waals surface area contributed by atoms with E-state index in [1.54, 1.807) is 23.3 Å². The third-order valence-electron chi connectivity index (χ3n) is 6.38. The molecule has 3 aromatic rings. The van der Waals surface area contributed by atoms with E-state index in [4.69, 9.17) is 15.6 Å². The number of para-hydroxylation sites is 1. The Labute approximate surface area is 207 Å². The fourth-order valence-electron chi connectivity index (χ4n) is 4.49. The van der Waals surface area contributed by atoms with Crippen LogP contribution < -0.4 is 4.74 Å². The lowest BCUT2D eigenvalue weighted by Gasteiger charge is -2.30. The summed E-state index contributed by atoms with van der Waals surface area (Å²) in [6.45, 7) is -0.455. The lowest BCUT2D eigenvalue weighted by Crippen LogP contribution is -2.38. The molecule has 35 heavy (non-hydrogen) atoms. The van der Waals surface area contributed by atoms with Gasteiger partial charge in [-0.1, -0.05) is 43.2 Å². The van der Waals surface area contributed by atoms with Gasteiger partial charge in [-0.25, -0.2) is 0 Å². The lowest BCUT2D eigenvalue weighted by atomic mass is 10.1. The molecule has 1 aliphatic carbocycles. The molecule has 1 aromatic heterocycles. The van der Waals surface area contributed by atoms with Crippen molar-refractivity contribution in [2.45, 2.75) is 63.9 Å². The van der Waals surface area contributed by atoms with Gasteiger partial charge < -0.3 is 19.2 Å². The van der Waals surface area contributed by atoms with E-state index in [1.807, 2.05) is 48.5 Å². The summed E-state index contributed by atoms with van der Waals surface area (Å²) in [4.78, 5) is 26.1. The van der Waals surface area contributed by atoms with Crippen molar-refractivity contribution in [1.82, 2.24) is 4.90 Å². The molecule has 0 aliphatic heterocycles. The smallest absolute Gasteiger partial charge is 0.303 e. The van der Waals surface area contributed by atoms with Gasteiger partial charge >= 0.3 is 5.97 Å². The van der Waals surface area contributed by atoms with E-state index in [-0.39, 0.29) is 18.4 Å². The Kier molecular flexibility index (Phi) is 8.12. The van der Waals surface area contributed by atoms with E-state index < -0.39 is 12.5 Å². The highest BCUT2D eigenvalue weighted by Gasteiger charge is 2.28. The summed E-state index contributed by atoms with van der Waals surface area (Å²) in [5, 5.41) is 8.78. The molecule has 0 radical (unpaired) electrons. The Morgan fingerprint density at radius 3 is 2.49 bits per heavy atom. The normalized spacial score (nSPS) is 14.9. The predicted octanol–water partition coefficient (Wildman–Crippen LogP) is 6.56. The summed E-state index contributed by atoms with van der Waals surface area (Å²) < 4.78 is 20.6. The summed E-state index contributed by atoms with van der Waals surface area (Å²) in [5.41, 5.74) is 2.11. The van der Waals surface area contributed by atoms with Gasteiger partial charge in [0.15, 0.2) is 0 Å². The first-order chi connectivity index (χ1) is 17.5. The summed E-state index contributed by atoms with van der Waals surface area (Å²) in [6.07, 6.45) is 7.76. The average Bonchev–Trinajstić information content (AvgIpc) is 3.61. The minimum Gasteiger partial charge on any atom is -0.493 e. The predicted molar refractivity (Wildman–Crippen MR) is 134 cm³/mol. The van der Waals surface area contributed by atoms with Crippen LogP contribution in [0.2, 0.25) is 0 Å². The van der Waals surface area contributed by atoms with Crippen molar-refractivity contribution in [3.8, 4) is 17.1 Å². The van der Waals surface area contributed by atoms with Crippen LogP contribution in [0.1, 0.15) is 68.7 Å². The van der Waals surface area contributed by atoms with Crippen LogP contribution in [0.4, 0.5) is 0 Å². The lowest BCUT2D eigenvalue weighted by molar-refractivity contribution is -0.137. The average molecular weight is 477 g/mol. The fourth-order valence-corrected chi connectivity index (χ4v) is 4.49. The van der Waals surface area contributed by atoms with Crippen molar-refractivity contribution < 1.29 is 25.2 Å². The molecule has 1 fully saturated rings. The van der Waals surface area contributed by atoms with Crippen LogP contribution in [0.25, 0.3) is 11.3 Å². The van der Waals surface area contributed by atoms with E-state index in [0.717, 1.165) is 49.8 Å². The van der Waals surface area contributed by atoms with Crippen LogP contribution in [0.5, 0.6) is 5.75 Å². The molecule has 0 bridgehead atoms. The van der Waals surface area contributed by atoms with Crippen LogP contribution >= 0.6 is 0 Å². The topological polar surface area (TPSA) is 80.0 Å². The fraction of sp³-hybridized carbons (Fsp3) is 0.379. The van der Waals surface area contributed by atoms with Crippen molar-refractivity contribution in [2.24, 2.45) is 0 Å². The molecule has 0 saturated heterocycles. The SMILES string of the molecule is [2H]C(c1ccccc1OCCCCCC(=O)O)N(C(=O)c1ccc(-c2ccco2)cc1)C1CCCC1. The summed E-state index contributed by atoms with van der Waals surface area (Å²) in [6, 6.07) is 18.5. The third kappa shape index (κ3) is 6.75. The largest absolute Gasteiger partial charge is 0.493 e. The van der Waals surface area contributed by atoms with Gasteiger partial charge in [0.05, 0.1) is 14.2 Å². The second kappa shape index (κ2) is 12.2. The van der Waals surface area contributed by atoms with Crippen LogP contribution in [-0.4, -0.2) is 34.5 Å². The third-order valence-corrected chi connectivity index (χ3v) is 6.38. The molecule has 184 valence electrons. The second-order valence-corrected chi connectivity index (χ2v) is 8.93. The zero-order valence-corrected chi connectivity index (χ0v) is 19.9. The molecular weight excluding hydrogens is 442 g/mol. The van der Waals surface area contributed by atoms with E-state index in [2.05, 4.69) is 0 Å². The van der Waals surface area contributed by atoms with Gasteiger partial charge in [-0.15, -0.1) is 0 Å². The molecule has 1 saturated carbocycles. The van der Waals surface area contributed by atoms with E-state index in [0.29, 0.717) is 29.9 Å². The number of amides is 1. The van der Waals surface area contributed by atoms with Gasteiger partial charge in [0.1, 0.15) is 11.5 Å². The Bertz CT molecular complexity index is 1120. The maximum absolute atomic E-state index is 13.7. The highest BCUT2D eigenvalue weighted by molar-refractivity contribution is 5.95. The number of carboxylic acids is 1. The Balaban J connectivity index is 1.50. The molecule has 2 aromatic carbocycles. The number of nitrogens with zero attached hydrogens (tertiary/aromatic N) is 1. The van der Waals surface area contributed by atoms with Crippen LogP contribution in [-0.2, 0) is 11.3 Å². The Morgan fingerprint density at radius 2 is 1.77 bits per heavy atom. The number of hydrogen-bond acceptors (Lipinski definition) is 4. The van der Waals surface area contributed by atoms with Gasteiger partial charge in [-0.2, -0.15) is 0 Å². The zero-order valence-electron chi connectivity index (χ0n) is 20.9. The monoisotopic (exact) mass is 476 g/mol. The quantitative estimate of drug-likeness (QED) is 0.300. The Hall–Kier alpha value is -3.54. The molecule has 1 heterocycles. The highest BCUT2D eigenvalue weighted by atomic mass is 16.5. The molecule has 1 amide bonds. The maximum Gasteiger partial charge on any atom is 0.303 e. The first-order valence-electron chi connectivity index (χ1n) is 12.9. The van der Waals surface area contributed by atoms with Gasteiger partial charge in [0.25, 0.3) is 5.91 Å². The van der Waals surface area contributed by atoms with Crippen LogP contribution in [0.15, 0.2) is 71.3 Å². The van der Waals surface area contributed by atoms with Gasteiger partial charge in [0, 0.05) is 35.7 Å². The number of hydrogen-bond donors (Lipinski definition) is 1. The minimum atomic E-state index is -0.895. The van der Waals surface area contributed by atoms with Crippen molar-refractivity contribution in [1.29, 1.82) is 0 Å². The molecule has 1 N–H and O–H groups in total. The van der Waals surface area contributed by atoms with Gasteiger partial charge in [-0.05, 0) is 62.4 Å². The number of rotatable bonds is 12. The minimum absolute atomic E-state index is 0.00817. The summed E-state index contributed by atoms with van der Waals surface area (Å²) in [7, 11) is 0. The maximum atomic E-state index is 13.7. The standard InChI is InChI=1S/C29H33NO5/c31-28(32)14-2-1-7-19-34-27-12-6-3-9-24(27)21-30(25-10-4-5-11-25)29(33)23-17-15-22(16-18-23)26-13-8-20-35-26/h3,6,8-9,12-13,15-18,20,25H,1-2,4-5,7,10-11,14,19,21H2,(H,31,32)/i21D. The number of unbranched alkanes of at least 4 members (excludes halogenated alkanes) is 2. The zero-order chi connectivity index (χ0) is 25.3.